The Morgan fingerprint density at radius 1 is 1.23 bits per heavy atom. The summed E-state index contributed by atoms with van der Waals surface area (Å²) >= 11 is 17.6. The number of aliphatic imine (C=N–C) groups is 1. The van der Waals surface area contributed by atoms with Crippen LogP contribution in [0.4, 0.5) is 0 Å². The second kappa shape index (κ2) is 7.26. The number of rotatable bonds is 4. The van der Waals surface area contributed by atoms with Gasteiger partial charge in [0.1, 0.15) is 6.61 Å². The number of nitrogens with zero attached hydrogens (tertiary/aromatic N) is 1. The summed E-state index contributed by atoms with van der Waals surface area (Å²) in [7, 11) is 0. The molecule has 22 heavy (non-hydrogen) atoms. The van der Waals surface area contributed by atoms with Crippen molar-refractivity contribution >= 4 is 55.9 Å². The summed E-state index contributed by atoms with van der Waals surface area (Å²) in [6.45, 7) is 1.27. The van der Waals surface area contributed by atoms with E-state index in [2.05, 4.69) is 20.9 Å². The van der Waals surface area contributed by atoms with Crippen LogP contribution in [0.25, 0.3) is 0 Å². The third kappa shape index (κ3) is 3.80. The molecule has 0 aliphatic carbocycles. The normalized spacial score (nSPS) is 14.0. The fourth-order valence-electron chi connectivity index (χ4n) is 2.11. The lowest BCUT2D eigenvalue weighted by molar-refractivity contribution is 0.304. The van der Waals surface area contributed by atoms with Gasteiger partial charge in [-0.1, -0.05) is 35.3 Å². The van der Waals surface area contributed by atoms with Gasteiger partial charge in [-0.05, 0) is 45.8 Å². The fourth-order valence-corrected chi connectivity index (χ4v) is 4.13. The molecule has 0 unspecified atom stereocenters. The smallest absolute Gasteiger partial charge is 0.152 e. The van der Waals surface area contributed by atoms with Crippen LogP contribution in [0.3, 0.4) is 0 Å². The number of halogens is 3. The lowest BCUT2D eigenvalue weighted by Gasteiger charge is -2.12. The van der Waals surface area contributed by atoms with E-state index in [0.717, 1.165) is 32.9 Å². The number of benzene rings is 2. The molecule has 0 N–H and O–H groups in total. The van der Waals surface area contributed by atoms with Crippen molar-refractivity contribution in [3.8, 4) is 5.75 Å². The zero-order valence-corrected chi connectivity index (χ0v) is 15.4. The molecule has 0 atom stereocenters. The van der Waals surface area contributed by atoms with Gasteiger partial charge in [-0.25, -0.2) is 0 Å². The van der Waals surface area contributed by atoms with E-state index in [0.29, 0.717) is 22.4 Å². The van der Waals surface area contributed by atoms with Crippen LogP contribution in [0.5, 0.6) is 5.75 Å². The van der Waals surface area contributed by atoms with Crippen LogP contribution in [0.2, 0.25) is 10.0 Å². The lowest BCUT2D eigenvalue weighted by atomic mass is 10.2. The zero-order chi connectivity index (χ0) is 15.5. The third-order valence-corrected chi connectivity index (χ3v) is 5.23. The summed E-state index contributed by atoms with van der Waals surface area (Å²) in [4.78, 5) is 4.47. The molecule has 0 fully saturated rings. The summed E-state index contributed by atoms with van der Waals surface area (Å²) in [6.07, 6.45) is 0. The van der Waals surface area contributed by atoms with Gasteiger partial charge in [-0.2, -0.15) is 0 Å². The first-order valence-electron chi connectivity index (χ1n) is 6.67. The van der Waals surface area contributed by atoms with E-state index >= 15 is 0 Å². The number of thioether (sulfide) groups is 1. The Morgan fingerprint density at radius 2 is 2.09 bits per heavy atom. The van der Waals surface area contributed by atoms with Crippen LogP contribution < -0.4 is 4.74 Å². The zero-order valence-electron chi connectivity index (χ0n) is 11.5. The van der Waals surface area contributed by atoms with Crippen LogP contribution in [0.1, 0.15) is 11.1 Å². The largest absolute Gasteiger partial charge is 0.486 e. The maximum absolute atomic E-state index is 6.37. The maximum Gasteiger partial charge on any atom is 0.152 e. The Labute approximate surface area is 152 Å². The van der Waals surface area contributed by atoms with Gasteiger partial charge in [0.2, 0.25) is 0 Å². The first kappa shape index (κ1) is 16.2. The third-order valence-electron chi connectivity index (χ3n) is 3.10. The van der Waals surface area contributed by atoms with Gasteiger partial charge in [0.25, 0.3) is 0 Å². The van der Waals surface area contributed by atoms with E-state index in [9.17, 15) is 0 Å². The van der Waals surface area contributed by atoms with Crippen molar-refractivity contribution in [2.45, 2.75) is 6.61 Å². The summed E-state index contributed by atoms with van der Waals surface area (Å²) in [5.41, 5.74) is 2.02. The van der Waals surface area contributed by atoms with E-state index in [1.807, 2.05) is 36.4 Å². The van der Waals surface area contributed by atoms with Crippen molar-refractivity contribution in [1.82, 2.24) is 0 Å². The van der Waals surface area contributed by atoms with Crippen molar-refractivity contribution in [2.24, 2.45) is 4.99 Å². The molecule has 0 bridgehead atoms. The summed E-state index contributed by atoms with van der Waals surface area (Å²) in [5.74, 6) is 1.66. The number of hydrogen-bond donors (Lipinski definition) is 0. The minimum atomic E-state index is 0.411. The van der Waals surface area contributed by atoms with Crippen LogP contribution >= 0.6 is 50.9 Å². The Bertz CT molecular complexity index is 713. The highest BCUT2D eigenvalue weighted by Gasteiger charge is 2.15. The molecule has 0 radical (unpaired) electrons. The predicted octanol–water partition coefficient (Wildman–Crippen LogP) is 5.83. The van der Waals surface area contributed by atoms with Crippen molar-refractivity contribution in [1.29, 1.82) is 0 Å². The molecule has 0 aromatic heterocycles. The van der Waals surface area contributed by atoms with E-state index in [1.54, 1.807) is 11.8 Å². The van der Waals surface area contributed by atoms with Crippen molar-refractivity contribution in [3.05, 3.63) is 62.0 Å². The average Bonchev–Trinajstić information content (AvgIpc) is 3.00. The molecule has 2 aromatic carbocycles. The predicted molar refractivity (Wildman–Crippen MR) is 98.8 cm³/mol. The van der Waals surface area contributed by atoms with Gasteiger partial charge >= 0.3 is 0 Å². The Morgan fingerprint density at radius 3 is 2.77 bits per heavy atom. The molecule has 114 valence electrons. The Hall–Kier alpha value is -0.680. The van der Waals surface area contributed by atoms with Crippen LogP contribution in [0.15, 0.2) is 45.9 Å². The molecule has 2 aromatic rings. The second-order valence-electron chi connectivity index (χ2n) is 4.72. The van der Waals surface area contributed by atoms with Crippen molar-refractivity contribution < 1.29 is 4.74 Å². The van der Waals surface area contributed by atoms with Crippen molar-refractivity contribution in [2.75, 3.05) is 12.3 Å². The molecule has 0 saturated heterocycles. The summed E-state index contributed by atoms with van der Waals surface area (Å²) < 4.78 is 6.67. The van der Waals surface area contributed by atoms with Gasteiger partial charge in [-0.15, -0.1) is 11.8 Å². The van der Waals surface area contributed by atoms with Gasteiger partial charge < -0.3 is 4.74 Å². The molecule has 1 heterocycles. The number of hydrogen-bond acceptors (Lipinski definition) is 3. The maximum atomic E-state index is 6.37. The van der Waals surface area contributed by atoms with Gasteiger partial charge in [0, 0.05) is 22.9 Å². The molecule has 0 amide bonds. The SMILES string of the molecule is Clc1cccc(COc2c(Cl)cc(C3=NCCS3)cc2Br)c1. The van der Waals surface area contributed by atoms with Gasteiger partial charge in [0.15, 0.2) is 5.75 Å². The van der Waals surface area contributed by atoms with E-state index in [4.69, 9.17) is 27.9 Å². The molecule has 6 heteroatoms. The highest BCUT2D eigenvalue weighted by Crippen LogP contribution is 2.36. The Balaban J connectivity index is 1.79. The monoisotopic (exact) mass is 415 g/mol. The average molecular weight is 417 g/mol. The van der Waals surface area contributed by atoms with Gasteiger partial charge in [-0.3, -0.25) is 4.99 Å². The second-order valence-corrected chi connectivity index (χ2v) is 7.50. The van der Waals surface area contributed by atoms with Crippen LogP contribution in [0, 0.1) is 0 Å². The molecule has 1 aliphatic rings. The van der Waals surface area contributed by atoms with Gasteiger partial charge in [0.05, 0.1) is 14.5 Å². The van der Waals surface area contributed by atoms with E-state index < -0.39 is 0 Å². The molecule has 0 spiro atoms. The molecular formula is C16H12BrCl2NOS. The molecule has 1 aliphatic heterocycles. The minimum absolute atomic E-state index is 0.411. The number of ether oxygens (including phenoxy) is 1. The molecule has 2 nitrogen and oxygen atoms in total. The van der Waals surface area contributed by atoms with Crippen molar-refractivity contribution in [3.63, 3.8) is 0 Å². The van der Waals surface area contributed by atoms with E-state index in [1.165, 1.54) is 0 Å². The summed E-state index contributed by atoms with van der Waals surface area (Å²) in [5, 5.41) is 2.29. The highest BCUT2D eigenvalue weighted by molar-refractivity contribution is 9.10. The fraction of sp³-hybridized carbons (Fsp3) is 0.188. The molecular weight excluding hydrogens is 405 g/mol. The molecule has 3 rings (SSSR count). The quantitative estimate of drug-likeness (QED) is 0.625. The first-order valence-corrected chi connectivity index (χ1v) is 9.21. The van der Waals surface area contributed by atoms with Crippen LogP contribution in [-0.4, -0.2) is 17.3 Å². The standard InChI is InChI=1S/C16H12BrCl2NOS/c17-13-7-11(16-20-4-5-22-16)8-14(19)15(13)21-9-10-2-1-3-12(18)6-10/h1-3,6-8H,4-5,9H2. The van der Waals surface area contributed by atoms with Crippen LogP contribution in [-0.2, 0) is 6.61 Å². The summed E-state index contributed by atoms with van der Waals surface area (Å²) in [6, 6.07) is 11.5. The van der Waals surface area contributed by atoms with E-state index in [-0.39, 0.29) is 0 Å². The lowest BCUT2D eigenvalue weighted by Crippen LogP contribution is -1.99. The first-order chi connectivity index (χ1) is 10.6. The topological polar surface area (TPSA) is 21.6 Å². The Kier molecular flexibility index (Phi) is 5.34. The minimum Gasteiger partial charge on any atom is -0.486 e. The molecule has 0 saturated carbocycles. The highest BCUT2D eigenvalue weighted by atomic mass is 79.9.